The maximum Gasteiger partial charge on any atom is 0.0291 e. The Balaban J connectivity index is 2.17. The normalized spacial score (nSPS) is 18.5. The molecule has 1 nitrogen and oxygen atoms in total. The highest BCUT2D eigenvalue weighted by Crippen LogP contribution is 2.38. The first kappa shape index (κ1) is 14.0. The summed E-state index contributed by atoms with van der Waals surface area (Å²) in [4.78, 5) is 1.38. The lowest BCUT2D eigenvalue weighted by Gasteiger charge is -2.33. The van der Waals surface area contributed by atoms with E-state index in [-0.39, 0.29) is 11.5 Å². The SMILES string of the molecule is CC(N)C(Sc1ccc2c(c1)CCC2)C(C)(C)C. The van der Waals surface area contributed by atoms with Gasteiger partial charge >= 0.3 is 0 Å². The molecule has 1 aliphatic rings. The third-order valence-electron chi connectivity index (χ3n) is 3.66. The number of hydrogen-bond acceptors (Lipinski definition) is 2. The molecule has 0 spiro atoms. The topological polar surface area (TPSA) is 26.0 Å². The molecule has 2 heteroatoms. The summed E-state index contributed by atoms with van der Waals surface area (Å²) in [7, 11) is 0. The zero-order valence-electron chi connectivity index (χ0n) is 12.0. The van der Waals surface area contributed by atoms with Gasteiger partial charge in [-0.25, -0.2) is 0 Å². The van der Waals surface area contributed by atoms with Crippen LogP contribution in [0.15, 0.2) is 23.1 Å². The second kappa shape index (κ2) is 5.26. The molecule has 0 amide bonds. The van der Waals surface area contributed by atoms with E-state index in [1.54, 1.807) is 11.1 Å². The molecule has 1 aliphatic carbocycles. The van der Waals surface area contributed by atoms with Gasteiger partial charge in [-0.1, -0.05) is 26.8 Å². The predicted octanol–water partition coefficient (Wildman–Crippen LogP) is 4.03. The number of fused-ring (bicyclic) bond motifs is 1. The van der Waals surface area contributed by atoms with Crippen LogP contribution >= 0.6 is 11.8 Å². The van der Waals surface area contributed by atoms with E-state index in [1.165, 1.54) is 24.2 Å². The summed E-state index contributed by atoms with van der Waals surface area (Å²) in [5, 5.41) is 0.456. The monoisotopic (exact) mass is 263 g/mol. The summed E-state index contributed by atoms with van der Waals surface area (Å²) in [6.45, 7) is 8.96. The fourth-order valence-corrected chi connectivity index (χ4v) is 4.06. The van der Waals surface area contributed by atoms with E-state index in [0.29, 0.717) is 5.25 Å². The highest BCUT2D eigenvalue weighted by molar-refractivity contribution is 8.00. The Kier molecular flexibility index (Phi) is 4.08. The number of benzene rings is 1. The molecule has 0 bridgehead atoms. The molecule has 2 atom stereocenters. The van der Waals surface area contributed by atoms with E-state index in [4.69, 9.17) is 5.73 Å². The molecule has 100 valence electrons. The first-order valence-corrected chi connectivity index (χ1v) is 7.80. The van der Waals surface area contributed by atoms with Crippen LogP contribution in [-0.2, 0) is 12.8 Å². The van der Waals surface area contributed by atoms with Crippen LogP contribution in [-0.4, -0.2) is 11.3 Å². The van der Waals surface area contributed by atoms with Crippen LogP contribution in [0.25, 0.3) is 0 Å². The van der Waals surface area contributed by atoms with Crippen LogP contribution < -0.4 is 5.73 Å². The molecule has 18 heavy (non-hydrogen) atoms. The van der Waals surface area contributed by atoms with E-state index >= 15 is 0 Å². The van der Waals surface area contributed by atoms with Crippen molar-refractivity contribution in [1.82, 2.24) is 0 Å². The lowest BCUT2D eigenvalue weighted by Crippen LogP contribution is -2.38. The van der Waals surface area contributed by atoms with E-state index < -0.39 is 0 Å². The van der Waals surface area contributed by atoms with Crippen molar-refractivity contribution < 1.29 is 0 Å². The molecule has 2 unspecified atom stereocenters. The smallest absolute Gasteiger partial charge is 0.0291 e. The van der Waals surface area contributed by atoms with Crippen LogP contribution in [0.1, 0.15) is 45.2 Å². The fraction of sp³-hybridized carbons (Fsp3) is 0.625. The largest absolute Gasteiger partial charge is 0.327 e. The number of hydrogen-bond donors (Lipinski definition) is 1. The number of thioether (sulfide) groups is 1. The van der Waals surface area contributed by atoms with Gasteiger partial charge < -0.3 is 5.73 Å². The third kappa shape index (κ3) is 3.10. The Morgan fingerprint density at radius 1 is 1.17 bits per heavy atom. The Morgan fingerprint density at radius 2 is 1.83 bits per heavy atom. The molecule has 0 radical (unpaired) electrons. The Hall–Kier alpha value is -0.470. The van der Waals surface area contributed by atoms with Gasteiger partial charge in [0.15, 0.2) is 0 Å². The van der Waals surface area contributed by atoms with Crippen molar-refractivity contribution >= 4 is 11.8 Å². The second-order valence-electron chi connectivity index (χ2n) is 6.55. The van der Waals surface area contributed by atoms with Gasteiger partial charge in [-0.15, -0.1) is 11.8 Å². The molecule has 1 aromatic carbocycles. The van der Waals surface area contributed by atoms with Gasteiger partial charge in [-0.2, -0.15) is 0 Å². The van der Waals surface area contributed by atoms with Gasteiger partial charge in [0.2, 0.25) is 0 Å². The maximum atomic E-state index is 6.16. The molecule has 0 fully saturated rings. The van der Waals surface area contributed by atoms with Gasteiger partial charge in [0.25, 0.3) is 0 Å². The van der Waals surface area contributed by atoms with Crippen molar-refractivity contribution in [3.63, 3.8) is 0 Å². The average molecular weight is 263 g/mol. The first-order chi connectivity index (χ1) is 8.38. The summed E-state index contributed by atoms with van der Waals surface area (Å²) >= 11 is 1.94. The fourth-order valence-electron chi connectivity index (χ4n) is 2.84. The highest BCUT2D eigenvalue weighted by Gasteiger charge is 2.29. The van der Waals surface area contributed by atoms with Crippen molar-refractivity contribution in [2.75, 3.05) is 0 Å². The molecule has 0 aromatic heterocycles. The molecule has 1 aromatic rings. The molecule has 2 N–H and O–H groups in total. The van der Waals surface area contributed by atoms with Crippen molar-refractivity contribution in [3.8, 4) is 0 Å². The summed E-state index contributed by atoms with van der Waals surface area (Å²) in [6, 6.07) is 7.18. The summed E-state index contributed by atoms with van der Waals surface area (Å²) < 4.78 is 0. The third-order valence-corrected chi connectivity index (χ3v) is 5.58. The van der Waals surface area contributed by atoms with Crippen LogP contribution in [0, 0.1) is 5.41 Å². The van der Waals surface area contributed by atoms with Crippen LogP contribution in [0.4, 0.5) is 0 Å². The van der Waals surface area contributed by atoms with Crippen LogP contribution in [0.3, 0.4) is 0 Å². The number of aryl methyl sites for hydroxylation is 2. The van der Waals surface area contributed by atoms with Crippen LogP contribution in [0.2, 0.25) is 0 Å². The summed E-state index contributed by atoms with van der Waals surface area (Å²) in [6.07, 6.45) is 3.83. The first-order valence-electron chi connectivity index (χ1n) is 6.92. The summed E-state index contributed by atoms with van der Waals surface area (Å²) in [5.74, 6) is 0. The van der Waals surface area contributed by atoms with Crippen molar-refractivity contribution in [2.24, 2.45) is 11.1 Å². The van der Waals surface area contributed by atoms with E-state index in [9.17, 15) is 0 Å². The molecule has 0 aliphatic heterocycles. The standard InChI is InChI=1S/C16H25NS/c1-11(17)15(16(2,3)4)18-14-9-8-12-6-5-7-13(12)10-14/h8-11,15H,5-7,17H2,1-4H3. The Bertz CT molecular complexity index is 418. The molecule has 0 saturated carbocycles. The molecule has 2 rings (SSSR count). The second-order valence-corrected chi connectivity index (χ2v) is 7.76. The average Bonchev–Trinajstić information content (AvgIpc) is 2.70. The van der Waals surface area contributed by atoms with Crippen LogP contribution in [0.5, 0.6) is 0 Å². The van der Waals surface area contributed by atoms with E-state index in [1.807, 2.05) is 11.8 Å². The van der Waals surface area contributed by atoms with Gasteiger partial charge in [0, 0.05) is 16.2 Å². The number of nitrogens with two attached hydrogens (primary N) is 1. The quantitative estimate of drug-likeness (QED) is 0.833. The zero-order valence-corrected chi connectivity index (χ0v) is 12.8. The molecular formula is C16H25NS. The summed E-state index contributed by atoms with van der Waals surface area (Å²) in [5.41, 5.74) is 9.50. The Labute approximate surface area is 116 Å². The molecular weight excluding hydrogens is 238 g/mol. The lowest BCUT2D eigenvalue weighted by atomic mass is 9.88. The van der Waals surface area contributed by atoms with E-state index in [2.05, 4.69) is 45.9 Å². The van der Waals surface area contributed by atoms with Crippen molar-refractivity contribution in [1.29, 1.82) is 0 Å². The predicted molar refractivity (Wildman–Crippen MR) is 81.2 cm³/mol. The van der Waals surface area contributed by atoms with Crippen molar-refractivity contribution in [3.05, 3.63) is 29.3 Å². The number of rotatable bonds is 3. The lowest BCUT2D eigenvalue weighted by molar-refractivity contribution is 0.363. The van der Waals surface area contributed by atoms with Gasteiger partial charge in [-0.05, 0) is 54.9 Å². The Morgan fingerprint density at radius 3 is 2.44 bits per heavy atom. The van der Waals surface area contributed by atoms with Gasteiger partial charge in [0.1, 0.15) is 0 Å². The van der Waals surface area contributed by atoms with Gasteiger partial charge in [0.05, 0.1) is 0 Å². The van der Waals surface area contributed by atoms with Gasteiger partial charge in [-0.3, -0.25) is 0 Å². The highest BCUT2D eigenvalue weighted by atomic mass is 32.2. The maximum absolute atomic E-state index is 6.16. The minimum Gasteiger partial charge on any atom is -0.327 e. The molecule has 0 heterocycles. The zero-order chi connectivity index (χ0) is 13.3. The molecule has 0 saturated heterocycles. The van der Waals surface area contributed by atoms with E-state index in [0.717, 1.165) is 0 Å². The van der Waals surface area contributed by atoms with Crippen molar-refractivity contribution in [2.45, 2.75) is 63.1 Å². The minimum absolute atomic E-state index is 0.211. The minimum atomic E-state index is 0.211.